The van der Waals surface area contributed by atoms with Crippen LogP contribution in [0.2, 0.25) is 0 Å². The van der Waals surface area contributed by atoms with E-state index in [9.17, 15) is 9.18 Å². The molecule has 6 heteroatoms. The van der Waals surface area contributed by atoms with Gasteiger partial charge in [-0.25, -0.2) is 9.37 Å². The molecule has 1 heterocycles. The highest BCUT2D eigenvalue weighted by Crippen LogP contribution is 2.27. The van der Waals surface area contributed by atoms with Crippen molar-refractivity contribution in [2.75, 3.05) is 12.3 Å². The summed E-state index contributed by atoms with van der Waals surface area (Å²) in [5.74, 6) is 0.406. The normalized spacial score (nSPS) is 10.8. The zero-order chi connectivity index (χ0) is 17.5. The van der Waals surface area contributed by atoms with Crippen LogP contribution in [0.25, 0.3) is 11.3 Å². The van der Waals surface area contributed by atoms with Crippen molar-refractivity contribution in [3.8, 4) is 11.3 Å². The maximum Gasteiger partial charge on any atom is 0.230 e. The van der Waals surface area contributed by atoms with Crippen LogP contribution in [0.3, 0.4) is 0 Å². The van der Waals surface area contributed by atoms with Crippen molar-refractivity contribution in [1.82, 2.24) is 14.9 Å². The monoisotopic (exact) mass is 347 g/mol. The summed E-state index contributed by atoms with van der Waals surface area (Å²) in [4.78, 5) is 16.2. The first-order chi connectivity index (χ1) is 11.5. The Morgan fingerprint density at radius 3 is 2.75 bits per heavy atom. The molecule has 0 bridgehead atoms. The van der Waals surface area contributed by atoms with Crippen molar-refractivity contribution >= 4 is 17.7 Å². The van der Waals surface area contributed by atoms with Gasteiger partial charge in [0.25, 0.3) is 0 Å². The largest absolute Gasteiger partial charge is 0.352 e. The third kappa shape index (κ3) is 4.96. The van der Waals surface area contributed by atoms with E-state index in [0.717, 1.165) is 23.0 Å². The molecule has 1 aromatic carbocycles. The van der Waals surface area contributed by atoms with E-state index in [1.54, 1.807) is 24.4 Å². The standard InChI is InChI=1S/C18H22FN3OS/c1-4-9-20-17(23)12-24-18-21-10-16(22(18)11-13(2)3)14-5-7-15(19)8-6-14/h4-8,10,13H,1,9,11-12H2,2-3H3,(H,20,23). The molecule has 0 aliphatic carbocycles. The van der Waals surface area contributed by atoms with Gasteiger partial charge in [-0.1, -0.05) is 31.7 Å². The van der Waals surface area contributed by atoms with Crippen molar-refractivity contribution in [1.29, 1.82) is 0 Å². The lowest BCUT2D eigenvalue weighted by molar-refractivity contribution is -0.118. The van der Waals surface area contributed by atoms with Crippen molar-refractivity contribution < 1.29 is 9.18 Å². The molecule has 128 valence electrons. The fourth-order valence-corrected chi connectivity index (χ4v) is 3.05. The van der Waals surface area contributed by atoms with Crippen LogP contribution in [0.15, 0.2) is 48.3 Å². The predicted octanol–water partition coefficient (Wildman–Crippen LogP) is 3.74. The highest BCUT2D eigenvalue weighted by molar-refractivity contribution is 7.99. The molecule has 0 aliphatic heterocycles. The lowest BCUT2D eigenvalue weighted by atomic mass is 10.1. The SMILES string of the molecule is C=CCNC(=O)CSc1ncc(-c2ccc(F)cc2)n1CC(C)C. The number of amides is 1. The van der Waals surface area contributed by atoms with Gasteiger partial charge in [0.15, 0.2) is 5.16 Å². The number of carbonyl (C=O) groups is 1. The summed E-state index contributed by atoms with van der Waals surface area (Å²) in [6.07, 6.45) is 3.43. The van der Waals surface area contributed by atoms with Crippen molar-refractivity contribution in [2.45, 2.75) is 25.5 Å². The number of nitrogens with zero attached hydrogens (tertiary/aromatic N) is 2. The minimum Gasteiger partial charge on any atom is -0.352 e. The van der Waals surface area contributed by atoms with E-state index in [4.69, 9.17) is 0 Å². The van der Waals surface area contributed by atoms with Crippen LogP contribution in [-0.2, 0) is 11.3 Å². The van der Waals surface area contributed by atoms with Crippen molar-refractivity contribution in [3.63, 3.8) is 0 Å². The second-order valence-corrected chi connectivity index (χ2v) is 6.76. The Hall–Kier alpha value is -2.08. The molecule has 0 saturated carbocycles. The predicted molar refractivity (Wildman–Crippen MR) is 96.4 cm³/mol. The second kappa shape index (κ2) is 8.68. The number of rotatable bonds is 8. The van der Waals surface area contributed by atoms with Crippen LogP contribution < -0.4 is 5.32 Å². The molecule has 1 aromatic heterocycles. The average molecular weight is 347 g/mol. The van der Waals surface area contributed by atoms with Gasteiger partial charge in [0, 0.05) is 13.1 Å². The van der Waals surface area contributed by atoms with Crippen molar-refractivity contribution in [2.24, 2.45) is 5.92 Å². The first-order valence-electron chi connectivity index (χ1n) is 7.83. The maximum atomic E-state index is 13.2. The fraction of sp³-hybridized carbons (Fsp3) is 0.333. The molecule has 1 amide bonds. The highest BCUT2D eigenvalue weighted by atomic mass is 32.2. The van der Waals surface area contributed by atoms with Gasteiger partial charge in [-0.3, -0.25) is 4.79 Å². The molecular formula is C18H22FN3OS. The quantitative estimate of drug-likeness (QED) is 0.584. The molecule has 1 N–H and O–H groups in total. The van der Waals surface area contributed by atoms with Gasteiger partial charge in [-0.2, -0.15) is 0 Å². The number of thioether (sulfide) groups is 1. The van der Waals surface area contributed by atoms with Crippen LogP contribution in [0, 0.1) is 11.7 Å². The minimum absolute atomic E-state index is 0.0534. The Balaban J connectivity index is 2.20. The Bertz CT molecular complexity index is 695. The number of carbonyl (C=O) groups excluding carboxylic acids is 1. The summed E-state index contributed by atoms with van der Waals surface area (Å²) < 4.78 is 15.2. The van der Waals surface area contributed by atoms with Crippen LogP contribution >= 0.6 is 11.8 Å². The van der Waals surface area contributed by atoms with Crippen LogP contribution in [0.5, 0.6) is 0 Å². The molecule has 4 nitrogen and oxygen atoms in total. The molecular weight excluding hydrogens is 325 g/mol. The summed E-state index contributed by atoms with van der Waals surface area (Å²) in [5.41, 5.74) is 1.84. The first kappa shape index (κ1) is 18.3. The van der Waals surface area contributed by atoms with Crippen LogP contribution in [-0.4, -0.2) is 27.8 Å². The molecule has 0 spiro atoms. The molecule has 0 saturated heterocycles. The summed E-state index contributed by atoms with van der Waals surface area (Å²) in [7, 11) is 0. The third-order valence-corrected chi connectivity index (χ3v) is 4.27. The fourth-order valence-electron chi connectivity index (χ4n) is 2.23. The molecule has 2 aromatic rings. The van der Waals surface area contributed by atoms with E-state index in [1.807, 2.05) is 0 Å². The molecule has 0 atom stereocenters. The number of halogens is 1. The zero-order valence-corrected chi connectivity index (χ0v) is 14.8. The van der Waals surface area contributed by atoms with E-state index < -0.39 is 0 Å². The molecule has 2 rings (SSSR count). The van der Waals surface area contributed by atoms with E-state index >= 15 is 0 Å². The van der Waals surface area contributed by atoms with Crippen LogP contribution in [0.1, 0.15) is 13.8 Å². The number of imidazole rings is 1. The number of aromatic nitrogens is 2. The number of hydrogen-bond donors (Lipinski definition) is 1. The molecule has 0 fully saturated rings. The van der Waals surface area contributed by atoms with E-state index in [1.165, 1.54) is 23.9 Å². The molecule has 24 heavy (non-hydrogen) atoms. The maximum absolute atomic E-state index is 13.2. The van der Waals surface area contributed by atoms with Gasteiger partial charge in [0.1, 0.15) is 5.82 Å². The number of nitrogens with one attached hydrogen (secondary N) is 1. The topological polar surface area (TPSA) is 46.9 Å². The Morgan fingerprint density at radius 1 is 1.42 bits per heavy atom. The van der Waals surface area contributed by atoms with Gasteiger partial charge in [-0.15, -0.1) is 6.58 Å². The summed E-state index contributed by atoms with van der Waals surface area (Å²) in [5, 5.41) is 3.54. The lowest BCUT2D eigenvalue weighted by Crippen LogP contribution is -2.25. The van der Waals surface area contributed by atoms with Gasteiger partial charge in [-0.05, 0) is 35.7 Å². The highest BCUT2D eigenvalue weighted by Gasteiger charge is 2.14. The van der Waals surface area contributed by atoms with Crippen LogP contribution in [0.4, 0.5) is 4.39 Å². The van der Waals surface area contributed by atoms with E-state index in [0.29, 0.717) is 18.2 Å². The van der Waals surface area contributed by atoms with Crippen molar-refractivity contribution in [3.05, 3.63) is 48.9 Å². The number of benzene rings is 1. The van der Waals surface area contributed by atoms with Gasteiger partial charge < -0.3 is 9.88 Å². The smallest absolute Gasteiger partial charge is 0.230 e. The number of hydrogen-bond acceptors (Lipinski definition) is 3. The molecule has 0 aliphatic rings. The first-order valence-corrected chi connectivity index (χ1v) is 8.81. The summed E-state index contributed by atoms with van der Waals surface area (Å²) >= 11 is 1.40. The minimum atomic E-state index is -0.262. The summed E-state index contributed by atoms with van der Waals surface area (Å²) in [6, 6.07) is 6.37. The third-order valence-electron chi connectivity index (χ3n) is 3.28. The average Bonchev–Trinajstić information content (AvgIpc) is 2.93. The summed E-state index contributed by atoms with van der Waals surface area (Å²) in [6.45, 7) is 9.07. The lowest BCUT2D eigenvalue weighted by Gasteiger charge is -2.14. The van der Waals surface area contributed by atoms with E-state index in [2.05, 4.69) is 35.3 Å². The van der Waals surface area contributed by atoms with E-state index in [-0.39, 0.29) is 11.7 Å². The Kier molecular flexibility index (Phi) is 6.61. The molecule has 0 unspecified atom stereocenters. The van der Waals surface area contributed by atoms with Gasteiger partial charge in [0.2, 0.25) is 5.91 Å². The van der Waals surface area contributed by atoms with Gasteiger partial charge >= 0.3 is 0 Å². The zero-order valence-electron chi connectivity index (χ0n) is 14.0. The Morgan fingerprint density at radius 2 is 2.12 bits per heavy atom. The Labute approximate surface area is 146 Å². The van der Waals surface area contributed by atoms with Gasteiger partial charge in [0.05, 0.1) is 17.6 Å². The second-order valence-electron chi connectivity index (χ2n) is 5.82. The molecule has 0 radical (unpaired) electrons.